The van der Waals surface area contributed by atoms with E-state index < -0.39 is 28.9 Å². The molecule has 3 fully saturated rings. The summed E-state index contributed by atoms with van der Waals surface area (Å²) in [4.78, 5) is 48.0. The topological polar surface area (TPSA) is 121 Å². The fraction of sp³-hybridized carbons (Fsp3) is 0.355. The van der Waals surface area contributed by atoms with Crippen LogP contribution in [0.3, 0.4) is 0 Å². The number of carbonyl (C=O) groups is 3. The number of likely N-dealkylation sites (tertiary alicyclic amines) is 2. The number of nitrogens with zero attached hydrogens (tertiary/aromatic N) is 4. The van der Waals surface area contributed by atoms with Gasteiger partial charge in [0.05, 0.1) is 5.69 Å². The highest BCUT2D eigenvalue weighted by Crippen LogP contribution is 2.49. The van der Waals surface area contributed by atoms with Crippen LogP contribution in [0.4, 0.5) is 30.8 Å². The SMILES string of the molecule is NC(=O)C1(C(=O)N(c2ccc(F)cc2)c2ccc(Oc3ccnc(NC(=O)N4CCC(N5CCC5)CC4)c3)c(F)c2)CC1. The first-order valence-corrected chi connectivity index (χ1v) is 14.4. The number of primary amides is 1. The lowest BCUT2D eigenvalue weighted by atomic mass is 10.00. The summed E-state index contributed by atoms with van der Waals surface area (Å²) < 4.78 is 34.7. The summed E-state index contributed by atoms with van der Waals surface area (Å²) in [6.07, 6.45) is 5.12. The Kier molecular flexibility index (Phi) is 7.70. The number of nitrogens with one attached hydrogen (secondary N) is 1. The van der Waals surface area contributed by atoms with Gasteiger partial charge in [0.2, 0.25) is 11.8 Å². The van der Waals surface area contributed by atoms with Crippen molar-refractivity contribution < 1.29 is 27.9 Å². The second-order valence-electron chi connectivity index (χ2n) is 11.2. The fourth-order valence-corrected chi connectivity index (χ4v) is 5.59. The number of hydrogen-bond donors (Lipinski definition) is 2. The van der Waals surface area contributed by atoms with Crippen molar-refractivity contribution in [3.63, 3.8) is 0 Å². The Balaban J connectivity index is 1.15. The predicted molar refractivity (Wildman–Crippen MR) is 155 cm³/mol. The van der Waals surface area contributed by atoms with Gasteiger partial charge in [-0.1, -0.05) is 0 Å². The van der Waals surface area contributed by atoms with Crippen molar-refractivity contribution in [2.45, 2.75) is 38.1 Å². The Bertz CT molecular complexity index is 1540. The molecular weight excluding hydrogens is 558 g/mol. The van der Waals surface area contributed by atoms with Crippen LogP contribution < -0.4 is 20.7 Å². The lowest BCUT2D eigenvalue weighted by molar-refractivity contribution is -0.133. The summed E-state index contributed by atoms with van der Waals surface area (Å²) >= 11 is 0. The molecule has 3 heterocycles. The van der Waals surface area contributed by atoms with Crippen molar-refractivity contribution in [2.75, 3.05) is 36.4 Å². The molecule has 0 bridgehead atoms. The Labute approximate surface area is 247 Å². The highest BCUT2D eigenvalue weighted by Gasteiger charge is 2.57. The van der Waals surface area contributed by atoms with E-state index in [0.29, 0.717) is 19.1 Å². The molecule has 2 aromatic carbocycles. The molecule has 224 valence electrons. The molecule has 12 heteroatoms. The van der Waals surface area contributed by atoms with Gasteiger partial charge in [-0.15, -0.1) is 0 Å². The molecule has 1 saturated carbocycles. The van der Waals surface area contributed by atoms with E-state index in [1.54, 1.807) is 4.90 Å². The first-order valence-electron chi connectivity index (χ1n) is 14.4. The Morgan fingerprint density at radius 1 is 0.953 bits per heavy atom. The molecule has 3 aromatic rings. The first kappa shape index (κ1) is 28.5. The Hall–Kier alpha value is -4.58. The van der Waals surface area contributed by atoms with E-state index in [0.717, 1.165) is 36.9 Å². The lowest BCUT2D eigenvalue weighted by Gasteiger charge is -2.42. The third kappa shape index (κ3) is 5.87. The average Bonchev–Trinajstić information content (AvgIpc) is 3.78. The summed E-state index contributed by atoms with van der Waals surface area (Å²) in [6.45, 7) is 3.60. The summed E-state index contributed by atoms with van der Waals surface area (Å²) in [7, 11) is 0. The van der Waals surface area contributed by atoms with Gasteiger partial charge < -0.3 is 20.3 Å². The molecule has 0 unspecified atom stereocenters. The van der Waals surface area contributed by atoms with Crippen LogP contribution in [-0.2, 0) is 9.59 Å². The van der Waals surface area contributed by atoms with E-state index in [4.69, 9.17) is 10.5 Å². The minimum atomic E-state index is -1.39. The standard InChI is InChI=1S/C31H32F2N6O4/c32-20-2-4-22(5-3-20)39(29(41)31(11-12-31)28(34)40)23-6-7-26(25(33)18-23)43-24-8-13-35-27(19-24)36-30(42)38-16-9-21(10-17-38)37-14-1-15-37/h2-8,13,18-19,21H,1,9-12,14-17H2,(H2,34,40)(H,35,36,42). The summed E-state index contributed by atoms with van der Waals surface area (Å²) in [5.41, 5.74) is 4.51. The molecular formula is C31H32F2N6O4. The number of piperidine rings is 1. The molecule has 2 aliphatic heterocycles. The maximum Gasteiger partial charge on any atom is 0.323 e. The summed E-state index contributed by atoms with van der Waals surface area (Å²) in [6, 6.07) is 12.3. The number of carbonyl (C=O) groups excluding carboxylic acids is 3. The second-order valence-corrected chi connectivity index (χ2v) is 11.2. The molecule has 3 N–H and O–H groups in total. The van der Waals surface area contributed by atoms with Crippen LogP contribution in [0.15, 0.2) is 60.8 Å². The van der Waals surface area contributed by atoms with Crippen LogP contribution in [0.1, 0.15) is 32.1 Å². The van der Waals surface area contributed by atoms with Crippen LogP contribution in [0.5, 0.6) is 11.5 Å². The number of benzene rings is 2. The number of pyridine rings is 1. The number of ether oxygens (including phenoxy) is 1. The Morgan fingerprint density at radius 3 is 2.26 bits per heavy atom. The second kappa shape index (κ2) is 11.6. The van der Waals surface area contributed by atoms with Gasteiger partial charge in [-0.2, -0.15) is 0 Å². The molecule has 6 rings (SSSR count). The lowest BCUT2D eigenvalue weighted by Crippen LogP contribution is -2.51. The van der Waals surface area contributed by atoms with Crippen molar-refractivity contribution in [1.82, 2.24) is 14.8 Å². The van der Waals surface area contributed by atoms with E-state index >= 15 is 4.39 Å². The smallest absolute Gasteiger partial charge is 0.323 e. The fourth-order valence-electron chi connectivity index (χ4n) is 5.59. The largest absolute Gasteiger partial charge is 0.454 e. The van der Waals surface area contributed by atoms with E-state index in [9.17, 15) is 18.8 Å². The average molecular weight is 591 g/mol. The normalized spacial score (nSPS) is 18.0. The zero-order valence-electron chi connectivity index (χ0n) is 23.5. The highest BCUT2D eigenvalue weighted by molar-refractivity contribution is 6.16. The van der Waals surface area contributed by atoms with Crippen molar-refractivity contribution in [3.05, 3.63) is 72.4 Å². The molecule has 0 radical (unpaired) electrons. The molecule has 10 nitrogen and oxygen atoms in total. The summed E-state index contributed by atoms with van der Waals surface area (Å²) in [5, 5.41) is 2.79. The molecule has 0 atom stereocenters. The third-order valence-corrected chi connectivity index (χ3v) is 8.45. The highest BCUT2D eigenvalue weighted by atomic mass is 19.1. The summed E-state index contributed by atoms with van der Waals surface area (Å²) in [5.74, 6) is -2.30. The quantitative estimate of drug-likeness (QED) is 0.364. The van der Waals surface area contributed by atoms with Gasteiger partial charge in [0.25, 0.3) is 0 Å². The molecule has 1 aromatic heterocycles. The molecule has 0 spiro atoms. The van der Waals surface area contributed by atoms with Crippen molar-refractivity contribution in [3.8, 4) is 11.5 Å². The van der Waals surface area contributed by atoms with Gasteiger partial charge in [0, 0.05) is 43.1 Å². The zero-order chi connectivity index (χ0) is 30.1. The van der Waals surface area contributed by atoms with Crippen molar-refractivity contribution in [1.29, 1.82) is 0 Å². The van der Waals surface area contributed by atoms with Crippen molar-refractivity contribution in [2.24, 2.45) is 11.1 Å². The van der Waals surface area contributed by atoms with Gasteiger partial charge in [-0.25, -0.2) is 18.6 Å². The van der Waals surface area contributed by atoms with Crippen LogP contribution in [0.25, 0.3) is 0 Å². The number of amides is 4. The number of rotatable bonds is 8. The van der Waals surface area contributed by atoms with Crippen LogP contribution in [0, 0.1) is 17.0 Å². The van der Waals surface area contributed by atoms with E-state index in [-0.39, 0.29) is 47.6 Å². The molecule has 1 aliphatic carbocycles. The third-order valence-electron chi connectivity index (χ3n) is 8.45. The maximum absolute atomic E-state index is 15.4. The van der Waals surface area contributed by atoms with Crippen LogP contribution in [-0.4, -0.2) is 64.9 Å². The van der Waals surface area contributed by atoms with Crippen LogP contribution in [0.2, 0.25) is 0 Å². The molecule has 43 heavy (non-hydrogen) atoms. The van der Waals surface area contributed by atoms with Gasteiger partial charge in [-0.05, 0) is 87.7 Å². The number of anilines is 3. The van der Waals surface area contributed by atoms with E-state index in [1.165, 1.54) is 61.1 Å². The molecule has 2 saturated heterocycles. The van der Waals surface area contributed by atoms with Gasteiger partial charge in [-0.3, -0.25) is 19.8 Å². The van der Waals surface area contributed by atoms with E-state index in [1.807, 2.05) is 0 Å². The monoisotopic (exact) mass is 590 g/mol. The first-order chi connectivity index (χ1) is 20.7. The maximum atomic E-state index is 15.4. The number of hydrogen-bond acceptors (Lipinski definition) is 6. The molecule has 4 amide bonds. The minimum Gasteiger partial charge on any atom is -0.454 e. The van der Waals surface area contributed by atoms with Crippen molar-refractivity contribution >= 4 is 35.0 Å². The zero-order valence-corrected chi connectivity index (χ0v) is 23.5. The predicted octanol–water partition coefficient (Wildman–Crippen LogP) is 4.78. The number of aromatic nitrogens is 1. The van der Waals surface area contributed by atoms with E-state index in [2.05, 4.69) is 15.2 Å². The molecule has 3 aliphatic rings. The minimum absolute atomic E-state index is 0.120. The Morgan fingerprint density at radius 2 is 1.65 bits per heavy atom. The van der Waals surface area contributed by atoms with Gasteiger partial charge >= 0.3 is 6.03 Å². The van der Waals surface area contributed by atoms with Crippen LogP contribution >= 0.6 is 0 Å². The van der Waals surface area contributed by atoms with Gasteiger partial charge in [0.1, 0.15) is 22.8 Å². The van der Waals surface area contributed by atoms with Gasteiger partial charge in [0.15, 0.2) is 11.6 Å². The number of urea groups is 1. The number of halogens is 2. The number of nitrogens with two attached hydrogens (primary N) is 1.